The zero-order chi connectivity index (χ0) is 18.8. The normalized spacial score (nSPS) is 16.2. The number of nitrogens with one attached hydrogen (secondary N) is 3. The van der Waals surface area contributed by atoms with Gasteiger partial charge in [-0.05, 0) is 32.9 Å². The van der Waals surface area contributed by atoms with Gasteiger partial charge in [0.1, 0.15) is 0 Å². The molecule has 1 atom stereocenters. The molecule has 2 rings (SSSR count). The largest absolute Gasteiger partial charge is 0.586 e. The first-order valence-corrected chi connectivity index (χ1v) is 7.75. The van der Waals surface area contributed by atoms with Crippen molar-refractivity contribution in [2.45, 2.75) is 32.6 Å². The quantitative estimate of drug-likeness (QED) is 0.711. The topological polar surface area (TPSA) is 81.1 Å². The van der Waals surface area contributed by atoms with Crippen molar-refractivity contribution in [2.75, 3.05) is 25.5 Å². The van der Waals surface area contributed by atoms with E-state index in [4.69, 9.17) is 0 Å². The first kappa shape index (κ1) is 18.9. The fraction of sp³-hybridized carbons (Fsp3) is 0.500. The third-order valence-corrected chi connectivity index (χ3v) is 3.12. The highest BCUT2D eigenvalue weighted by Gasteiger charge is 2.43. The van der Waals surface area contributed by atoms with Crippen LogP contribution in [0.15, 0.2) is 18.2 Å². The summed E-state index contributed by atoms with van der Waals surface area (Å²) in [6.45, 7) is 5.79. The van der Waals surface area contributed by atoms with Gasteiger partial charge in [0.15, 0.2) is 24.6 Å². The van der Waals surface area contributed by atoms with Crippen molar-refractivity contribution in [1.29, 1.82) is 0 Å². The third kappa shape index (κ3) is 5.86. The molecule has 1 heterocycles. The van der Waals surface area contributed by atoms with Gasteiger partial charge in [-0.1, -0.05) is 0 Å². The van der Waals surface area contributed by atoms with Gasteiger partial charge in [-0.15, -0.1) is 8.78 Å². The van der Waals surface area contributed by atoms with E-state index in [1.807, 2.05) is 20.8 Å². The summed E-state index contributed by atoms with van der Waals surface area (Å²) in [7, 11) is 1.71. The van der Waals surface area contributed by atoms with E-state index in [0.29, 0.717) is 10.6 Å². The maximum atomic E-state index is 13.0. The predicted octanol–water partition coefficient (Wildman–Crippen LogP) is 0.376. The Hall–Kier alpha value is -2.42. The van der Waals surface area contributed by atoms with Crippen LogP contribution in [0.1, 0.15) is 20.8 Å². The number of carbonyl (C=O) groups is 2. The number of fused-ring (bicyclic) bond motifs is 1. The number of alkyl halides is 2. The van der Waals surface area contributed by atoms with E-state index in [1.165, 1.54) is 18.2 Å². The Balaban J connectivity index is 1.86. The van der Waals surface area contributed by atoms with Gasteiger partial charge < -0.3 is 25.0 Å². The number of rotatable bonds is 5. The summed E-state index contributed by atoms with van der Waals surface area (Å²) in [6.07, 6.45) is -3.70. The highest BCUT2D eigenvalue weighted by molar-refractivity contribution is 5.92. The summed E-state index contributed by atoms with van der Waals surface area (Å²) in [4.78, 5) is 24.6. The van der Waals surface area contributed by atoms with Gasteiger partial charge in [0.25, 0.3) is 11.8 Å². The summed E-state index contributed by atoms with van der Waals surface area (Å²) < 4.78 is 34.6. The molecule has 0 radical (unpaired) electrons. The van der Waals surface area contributed by atoms with Crippen molar-refractivity contribution >= 4 is 17.5 Å². The molecule has 1 aromatic rings. The lowest BCUT2D eigenvalue weighted by Gasteiger charge is -2.21. The fourth-order valence-corrected chi connectivity index (χ4v) is 2.31. The van der Waals surface area contributed by atoms with E-state index >= 15 is 0 Å². The number of hydrogen-bond acceptors (Lipinski definition) is 4. The lowest BCUT2D eigenvalue weighted by molar-refractivity contribution is -0.862. The molecular formula is C16H22F2N3O4+. The molecule has 0 aliphatic carbocycles. The van der Waals surface area contributed by atoms with Gasteiger partial charge in [-0.3, -0.25) is 9.59 Å². The van der Waals surface area contributed by atoms with Crippen LogP contribution in [-0.2, 0) is 9.59 Å². The number of ether oxygens (including phenoxy) is 2. The maximum Gasteiger partial charge on any atom is 0.586 e. The van der Waals surface area contributed by atoms with Crippen molar-refractivity contribution in [1.82, 2.24) is 5.32 Å². The number of quaternary nitrogens is 1. The van der Waals surface area contributed by atoms with E-state index in [0.717, 1.165) is 0 Å². The minimum atomic E-state index is -3.70. The van der Waals surface area contributed by atoms with Crippen LogP contribution in [0.5, 0.6) is 11.5 Å². The Morgan fingerprint density at radius 2 is 1.72 bits per heavy atom. The van der Waals surface area contributed by atoms with Crippen LogP contribution in [0, 0.1) is 0 Å². The van der Waals surface area contributed by atoms with Crippen LogP contribution in [-0.4, -0.2) is 43.8 Å². The highest BCUT2D eigenvalue weighted by atomic mass is 19.3. The molecule has 0 aromatic heterocycles. The second-order valence-electron chi connectivity index (χ2n) is 6.99. The molecule has 7 nitrogen and oxygen atoms in total. The second-order valence-corrected chi connectivity index (χ2v) is 6.99. The zero-order valence-electron chi connectivity index (χ0n) is 14.5. The second kappa shape index (κ2) is 6.83. The fourth-order valence-electron chi connectivity index (χ4n) is 2.31. The number of hydrogen-bond donors (Lipinski definition) is 3. The molecule has 0 spiro atoms. The number of likely N-dealkylation sites (N-methyl/N-ethyl adjacent to an activating group) is 1. The maximum absolute atomic E-state index is 13.0. The lowest BCUT2D eigenvalue weighted by atomic mass is 10.1. The van der Waals surface area contributed by atoms with Crippen LogP contribution in [0.2, 0.25) is 0 Å². The first-order chi connectivity index (χ1) is 11.4. The van der Waals surface area contributed by atoms with Crippen LogP contribution < -0.4 is 25.0 Å². The van der Waals surface area contributed by atoms with Crippen LogP contribution in [0.4, 0.5) is 14.5 Å². The molecule has 1 aliphatic heterocycles. The number of anilines is 1. The van der Waals surface area contributed by atoms with Gasteiger partial charge in [-0.2, -0.15) is 0 Å². The SMILES string of the molecule is C[NH+](CC(=O)Nc1ccc2c(c1)OC(F)(F)O2)CC(=O)NC(C)(C)C. The summed E-state index contributed by atoms with van der Waals surface area (Å²) in [5, 5.41) is 5.40. The Morgan fingerprint density at radius 1 is 1.12 bits per heavy atom. The molecule has 0 bridgehead atoms. The van der Waals surface area contributed by atoms with E-state index in [2.05, 4.69) is 20.1 Å². The monoisotopic (exact) mass is 358 g/mol. The minimum Gasteiger partial charge on any atom is -0.395 e. The Labute approximate surface area is 144 Å². The molecular weight excluding hydrogens is 336 g/mol. The number of benzene rings is 1. The molecule has 0 fully saturated rings. The van der Waals surface area contributed by atoms with Crippen molar-refractivity contribution in [2.24, 2.45) is 0 Å². The standard InChI is InChI=1S/C16H21F2N3O4/c1-15(2,3)20-14(23)9-21(4)8-13(22)19-10-5-6-11-12(7-10)25-16(17,18)24-11/h5-7H,8-9H2,1-4H3,(H,19,22)(H,20,23)/p+1. The van der Waals surface area contributed by atoms with E-state index in [1.54, 1.807) is 7.05 Å². The smallest absolute Gasteiger partial charge is 0.395 e. The van der Waals surface area contributed by atoms with E-state index in [9.17, 15) is 18.4 Å². The third-order valence-electron chi connectivity index (χ3n) is 3.12. The van der Waals surface area contributed by atoms with Crippen molar-refractivity contribution < 1.29 is 32.7 Å². The number of amides is 2. The Morgan fingerprint density at radius 3 is 2.36 bits per heavy atom. The molecule has 9 heteroatoms. The van der Waals surface area contributed by atoms with E-state index in [-0.39, 0.29) is 41.9 Å². The molecule has 0 saturated carbocycles. The average Bonchev–Trinajstić information content (AvgIpc) is 2.68. The number of carbonyl (C=O) groups excluding carboxylic acids is 2. The Bertz CT molecular complexity index is 674. The van der Waals surface area contributed by atoms with Crippen LogP contribution in [0.25, 0.3) is 0 Å². The first-order valence-electron chi connectivity index (χ1n) is 7.75. The van der Waals surface area contributed by atoms with Gasteiger partial charge >= 0.3 is 6.29 Å². The van der Waals surface area contributed by atoms with Gasteiger partial charge in [-0.25, -0.2) is 0 Å². The molecule has 138 valence electrons. The molecule has 1 unspecified atom stereocenters. The molecule has 2 amide bonds. The van der Waals surface area contributed by atoms with Crippen molar-refractivity contribution in [3.8, 4) is 11.5 Å². The number of halogens is 2. The summed E-state index contributed by atoms with van der Waals surface area (Å²) in [6, 6.07) is 3.98. The van der Waals surface area contributed by atoms with Crippen LogP contribution >= 0.6 is 0 Å². The minimum absolute atomic E-state index is 0.0438. The zero-order valence-corrected chi connectivity index (χ0v) is 14.5. The Kier molecular flexibility index (Phi) is 5.17. The van der Waals surface area contributed by atoms with Crippen LogP contribution in [0.3, 0.4) is 0 Å². The molecule has 1 aromatic carbocycles. The van der Waals surface area contributed by atoms with Gasteiger partial charge in [0.05, 0.1) is 7.05 Å². The molecule has 3 N–H and O–H groups in total. The van der Waals surface area contributed by atoms with Crippen molar-refractivity contribution in [3.63, 3.8) is 0 Å². The summed E-state index contributed by atoms with van der Waals surface area (Å²) >= 11 is 0. The van der Waals surface area contributed by atoms with Gasteiger partial charge in [0.2, 0.25) is 0 Å². The summed E-state index contributed by atoms with van der Waals surface area (Å²) in [5.41, 5.74) is -0.0363. The molecule has 25 heavy (non-hydrogen) atoms. The highest BCUT2D eigenvalue weighted by Crippen LogP contribution is 2.42. The average molecular weight is 358 g/mol. The van der Waals surface area contributed by atoms with Crippen molar-refractivity contribution in [3.05, 3.63) is 18.2 Å². The molecule has 0 saturated heterocycles. The predicted molar refractivity (Wildman–Crippen MR) is 85.8 cm³/mol. The lowest BCUT2D eigenvalue weighted by Crippen LogP contribution is -3.11. The van der Waals surface area contributed by atoms with Gasteiger partial charge in [0, 0.05) is 17.3 Å². The van der Waals surface area contributed by atoms with E-state index < -0.39 is 6.29 Å². The molecule has 1 aliphatic rings. The summed E-state index contributed by atoms with van der Waals surface area (Å²) in [5.74, 6) is -0.757.